The molecule has 0 spiro atoms. The van der Waals surface area contributed by atoms with Gasteiger partial charge in [-0.2, -0.15) is 8.75 Å². The standard InChI is InChI=1S/C16H10N4S/c1-3-11(9-17-7-1)13-5-6-14(12-4-2-8-18-10-12)16-15(13)19-21-20-16/h1-10H. The van der Waals surface area contributed by atoms with Crippen LogP contribution in [0.15, 0.2) is 61.2 Å². The fourth-order valence-corrected chi connectivity index (χ4v) is 2.95. The number of hydrogen-bond acceptors (Lipinski definition) is 5. The molecule has 0 amide bonds. The van der Waals surface area contributed by atoms with Gasteiger partial charge in [-0.15, -0.1) is 0 Å². The van der Waals surface area contributed by atoms with Crippen molar-refractivity contribution in [3.05, 3.63) is 61.2 Å². The molecule has 0 unspecified atom stereocenters. The normalized spacial score (nSPS) is 10.9. The van der Waals surface area contributed by atoms with Gasteiger partial charge in [0.25, 0.3) is 0 Å². The summed E-state index contributed by atoms with van der Waals surface area (Å²) in [6, 6.07) is 12.1. The first kappa shape index (κ1) is 12.1. The lowest BCUT2D eigenvalue weighted by atomic mass is 10.00. The fraction of sp³-hybridized carbons (Fsp3) is 0. The number of hydrogen-bond donors (Lipinski definition) is 0. The molecule has 0 N–H and O–H groups in total. The zero-order valence-corrected chi connectivity index (χ0v) is 11.8. The molecule has 0 fully saturated rings. The van der Waals surface area contributed by atoms with Crippen LogP contribution in [-0.2, 0) is 0 Å². The van der Waals surface area contributed by atoms with Crippen LogP contribution < -0.4 is 0 Å². The number of rotatable bonds is 2. The maximum atomic E-state index is 4.46. The average Bonchev–Trinajstić information content (AvgIpc) is 3.05. The molecule has 0 radical (unpaired) electrons. The molecule has 100 valence electrons. The Morgan fingerprint density at radius 3 is 1.62 bits per heavy atom. The van der Waals surface area contributed by atoms with Crippen LogP contribution in [-0.4, -0.2) is 18.7 Å². The summed E-state index contributed by atoms with van der Waals surface area (Å²) < 4.78 is 8.93. The Morgan fingerprint density at radius 1 is 0.667 bits per heavy atom. The summed E-state index contributed by atoms with van der Waals surface area (Å²) >= 11 is 1.23. The summed E-state index contributed by atoms with van der Waals surface area (Å²) in [4.78, 5) is 8.36. The van der Waals surface area contributed by atoms with E-state index in [1.807, 2.05) is 36.7 Å². The Labute approximate surface area is 125 Å². The maximum absolute atomic E-state index is 4.46. The lowest BCUT2D eigenvalue weighted by molar-refractivity contribution is 1.33. The molecule has 3 aromatic heterocycles. The molecule has 0 atom stereocenters. The van der Waals surface area contributed by atoms with Crippen LogP contribution in [0.1, 0.15) is 0 Å². The predicted octanol–water partition coefficient (Wildman–Crippen LogP) is 3.82. The zero-order chi connectivity index (χ0) is 14.1. The third-order valence-corrected chi connectivity index (χ3v) is 3.89. The van der Waals surface area contributed by atoms with Gasteiger partial charge in [0.2, 0.25) is 0 Å². The largest absolute Gasteiger partial charge is 0.264 e. The number of fused-ring (bicyclic) bond motifs is 1. The van der Waals surface area contributed by atoms with Gasteiger partial charge in [-0.25, -0.2) is 0 Å². The van der Waals surface area contributed by atoms with Gasteiger partial charge < -0.3 is 0 Å². The molecule has 0 bridgehead atoms. The maximum Gasteiger partial charge on any atom is 0.113 e. The molecule has 21 heavy (non-hydrogen) atoms. The number of benzene rings is 1. The first-order valence-corrected chi connectivity index (χ1v) is 7.22. The van der Waals surface area contributed by atoms with E-state index in [0.717, 1.165) is 33.3 Å². The summed E-state index contributed by atoms with van der Waals surface area (Å²) in [5, 5.41) is 0. The van der Waals surface area contributed by atoms with E-state index in [-0.39, 0.29) is 0 Å². The lowest BCUT2D eigenvalue weighted by Gasteiger charge is -2.06. The second-order valence-corrected chi connectivity index (χ2v) is 5.13. The SMILES string of the molecule is c1cncc(-c2ccc(-c3cccnc3)c3nsnc23)c1. The molecule has 5 heteroatoms. The van der Waals surface area contributed by atoms with Crippen molar-refractivity contribution < 1.29 is 0 Å². The first-order chi connectivity index (χ1) is 10.4. The smallest absolute Gasteiger partial charge is 0.113 e. The van der Waals surface area contributed by atoms with Crippen LogP contribution in [0.3, 0.4) is 0 Å². The number of aromatic nitrogens is 4. The van der Waals surface area contributed by atoms with E-state index in [1.54, 1.807) is 12.4 Å². The van der Waals surface area contributed by atoms with E-state index < -0.39 is 0 Å². The zero-order valence-electron chi connectivity index (χ0n) is 11.0. The quantitative estimate of drug-likeness (QED) is 0.563. The summed E-state index contributed by atoms with van der Waals surface area (Å²) in [5.74, 6) is 0. The number of nitrogens with zero attached hydrogens (tertiary/aromatic N) is 4. The Morgan fingerprint density at radius 2 is 1.19 bits per heavy atom. The minimum atomic E-state index is 0.911. The van der Waals surface area contributed by atoms with Gasteiger partial charge >= 0.3 is 0 Å². The van der Waals surface area contributed by atoms with Gasteiger partial charge in [-0.3, -0.25) is 9.97 Å². The Hall–Kier alpha value is -2.66. The van der Waals surface area contributed by atoms with Crippen molar-refractivity contribution in [3.63, 3.8) is 0 Å². The van der Waals surface area contributed by atoms with E-state index >= 15 is 0 Å². The molecule has 1 aromatic carbocycles. The molecule has 3 heterocycles. The van der Waals surface area contributed by atoms with Gasteiger partial charge in [0.1, 0.15) is 11.0 Å². The molecule has 0 saturated heterocycles. The van der Waals surface area contributed by atoms with Crippen molar-refractivity contribution in [1.82, 2.24) is 18.7 Å². The van der Waals surface area contributed by atoms with E-state index in [2.05, 4.69) is 30.8 Å². The Balaban J connectivity index is 1.97. The third kappa shape index (κ3) is 2.08. The second kappa shape index (κ2) is 5.03. The number of pyridine rings is 2. The highest BCUT2D eigenvalue weighted by atomic mass is 32.1. The van der Waals surface area contributed by atoms with Gasteiger partial charge in [0, 0.05) is 47.0 Å². The minimum Gasteiger partial charge on any atom is -0.264 e. The van der Waals surface area contributed by atoms with E-state index in [9.17, 15) is 0 Å². The summed E-state index contributed by atoms with van der Waals surface area (Å²) in [7, 11) is 0. The van der Waals surface area contributed by atoms with Crippen LogP contribution in [0.25, 0.3) is 33.3 Å². The minimum absolute atomic E-state index is 0.911. The average molecular weight is 290 g/mol. The lowest BCUT2D eigenvalue weighted by Crippen LogP contribution is -1.86. The molecular formula is C16H10N4S. The summed E-state index contributed by atoms with van der Waals surface area (Å²) in [6.07, 6.45) is 7.23. The van der Waals surface area contributed by atoms with Gasteiger partial charge in [-0.1, -0.05) is 24.3 Å². The van der Waals surface area contributed by atoms with E-state index in [4.69, 9.17) is 0 Å². The van der Waals surface area contributed by atoms with Crippen LogP contribution in [0.2, 0.25) is 0 Å². The van der Waals surface area contributed by atoms with Crippen LogP contribution in [0.4, 0.5) is 0 Å². The van der Waals surface area contributed by atoms with Crippen molar-refractivity contribution in [3.8, 4) is 22.3 Å². The van der Waals surface area contributed by atoms with E-state index in [1.165, 1.54) is 11.7 Å². The van der Waals surface area contributed by atoms with Crippen LogP contribution >= 0.6 is 11.7 Å². The molecule has 4 rings (SSSR count). The molecule has 0 aliphatic heterocycles. The van der Waals surface area contributed by atoms with Crippen LogP contribution in [0.5, 0.6) is 0 Å². The fourth-order valence-electron chi connectivity index (χ4n) is 2.38. The molecule has 0 aliphatic rings. The van der Waals surface area contributed by atoms with Crippen molar-refractivity contribution in [2.24, 2.45) is 0 Å². The van der Waals surface area contributed by atoms with Gasteiger partial charge in [-0.05, 0) is 12.1 Å². The predicted molar refractivity (Wildman–Crippen MR) is 83.9 cm³/mol. The van der Waals surface area contributed by atoms with E-state index in [0.29, 0.717) is 0 Å². The highest BCUT2D eigenvalue weighted by Gasteiger charge is 2.13. The molecule has 0 saturated carbocycles. The molecular weight excluding hydrogens is 280 g/mol. The molecule has 0 aliphatic carbocycles. The van der Waals surface area contributed by atoms with Crippen molar-refractivity contribution in [2.75, 3.05) is 0 Å². The second-order valence-electron chi connectivity index (χ2n) is 4.61. The topological polar surface area (TPSA) is 51.6 Å². The molecule has 4 nitrogen and oxygen atoms in total. The van der Waals surface area contributed by atoms with Crippen molar-refractivity contribution in [2.45, 2.75) is 0 Å². The summed E-state index contributed by atoms with van der Waals surface area (Å²) in [6.45, 7) is 0. The summed E-state index contributed by atoms with van der Waals surface area (Å²) in [5.41, 5.74) is 6.03. The third-order valence-electron chi connectivity index (χ3n) is 3.36. The van der Waals surface area contributed by atoms with Crippen LogP contribution in [0, 0.1) is 0 Å². The first-order valence-electron chi connectivity index (χ1n) is 6.49. The van der Waals surface area contributed by atoms with Crippen molar-refractivity contribution in [1.29, 1.82) is 0 Å². The highest BCUT2D eigenvalue weighted by Crippen LogP contribution is 2.33. The highest BCUT2D eigenvalue weighted by molar-refractivity contribution is 7.00. The Kier molecular flexibility index (Phi) is 2.90. The Bertz CT molecular complexity index is 814. The van der Waals surface area contributed by atoms with Gasteiger partial charge in [0.05, 0.1) is 11.7 Å². The molecule has 4 aromatic rings. The van der Waals surface area contributed by atoms with Gasteiger partial charge in [0.15, 0.2) is 0 Å². The monoisotopic (exact) mass is 290 g/mol. The van der Waals surface area contributed by atoms with Crippen molar-refractivity contribution >= 4 is 22.8 Å².